The van der Waals surface area contributed by atoms with Crippen molar-refractivity contribution in [1.82, 2.24) is 10.3 Å². The molecule has 0 aliphatic heterocycles. The molecule has 0 unspecified atom stereocenters. The van der Waals surface area contributed by atoms with Crippen molar-refractivity contribution in [2.75, 3.05) is 29.9 Å². The normalized spacial score (nSPS) is 10.2. The summed E-state index contributed by atoms with van der Waals surface area (Å²) in [6, 6.07) is 13.2. The molecular formula is C20H26N4O2. The monoisotopic (exact) mass is 354 g/mol. The molecule has 138 valence electrons. The lowest BCUT2D eigenvalue weighted by molar-refractivity contribution is -0.120. The van der Waals surface area contributed by atoms with Crippen LogP contribution < -0.4 is 15.5 Å². The van der Waals surface area contributed by atoms with Gasteiger partial charge in [-0.1, -0.05) is 30.3 Å². The van der Waals surface area contributed by atoms with Crippen molar-refractivity contribution < 1.29 is 9.59 Å². The summed E-state index contributed by atoms with van der Waals surface area (Å²) in [4.78, 5) is 30.3. The Hall–Kier alpha value is -2.89. The van der Waals surface area contributed by atoms with Crippen molar-refractivity contribution in [3.63, 3.8) is 0 Å². The number of carbonyl (C=O) groups is 2. The summed E-state index contributed by atoms with van der Waals surface area (Å²) >= 11 is 0. The Morgan fingerprint density at radius 1 is 1.00 bits per heavy atom. The molecule has 0 saturated heterocycles. The minimum atomic E-state index is -0.151. The summed E-state index contributed by atoms with van der Waals surface area (Å²) in [5.41, 5.74) is 1.61. The molecule has 0 saturated carbocycles. The molecule has 0 aliphatic carbocycles. The van der Waals surface area contributed by atoms with Crippen molar-refractivity contribution in [1.29, 1.82) is 0 Å². The zero-order chi connectivity index (χ0) is 18.8. The first-order valence-electron chi connectivity index (χ1n) is 8.93. The predicted molar refractivity (Wildman–Crippen MR) is 104 cm³/mol. The molecule has 0 aliphatic rings. The second-order valence-corrected chi connectivity index (χ2v) is 5.89. The number of benzene rings is 1. The number of aromatic nitrogens is 1. The average molecular weight is 354 g/mol. The highest BCUT2D eigenvalue weighted by Crippen LogP contribution is 2.13. The number of rotatable bonds is 9. The first-order chi connectivity index (χ1) is 12.6. The average Bonchev–Trinajstić information content (AvgIpc) is 2.65. The van der Waals surface area contributed by atoms with Gasteiger partial charge in [0, 0.05) is 26.1 Å². The van der Waals surface area contributed by atoms with E-state index in [9.17, 15) is 9.59 Å². The molecule has 0 fully saturated rings. The lowest BCUT2D eigenvalue weighted by atomic mass is 10.1. The smallest absolute Gasteiger partial charge is 0.226 e. The van der Waals surface area contributed by atoms with Crippen molar-refractivity contribution in [2.24, 2.45) is 0 Å². The Kier molecular flexibility index (Phi) is 7.61. The van der Waals surface area contributed by atoms with Gasteiger partial charge in [0.05, 0.1) is 18.3 Å². The largest absolute Gasteiger partial charge is 0.357 e. The van der Waals surface area contributed by atoms with Crippen LogP contribution in [0.25, 0.3) is 0 Å². The quantitative estimate of drug-likeness (QED) is 0.726. The molecule has 0 bridgehead atoms. The van der Waals surface area contributed by atoms with Gasteiger partial charge in [-0.15, -0.1) is 0 Å². The van der Waals surface area contributed by atoms with Crippen LogP contribution in [0.5, 0.6) is 0 Å². The third kappa shape index (κ3) is 6.20. The maximum absolute atomic E-state index is 12.0. The summed E-state index contributed by atoms with van der Waals surface area (Å²) in [6.07, 6.45) is 2.19. The van der Waals surface area contributed by atoms with E-state index in [4.69, 9.17) is 0 Å². The van der Waals surface area contributed by atoms with E-state index >= 15 is 0 Å². The van der Waals surface area contributed by atoms with E-state index in [0.717, 1.165) is 24.5 Å². The zero-order valence-corrected chi connectivity index (χ0v) is 15.4. The summed E-state index contributed by atoms with van der Waals surface area (Å²) in [6.45, 7) is 6.23. The van der Waals surface area contributed by atoms with Crippen LogP contribution in [-0.4, -0.2) is 36.4 Å². The van der Waals surface area contributed by atoms with Gasteiger partial charge in [-0.3, -0.25) is 9.59 Å². The number of nitrogens with one attached hydrogen (secondary N) is 2. The van der Waals surface area contributed by atoms with E-state index in [1.807, 2.05) is 42.5 Å². The highest BCUT2D eigenvalue weighted by Gasteiger charge is 2.07. The lowest BCUT2D eigenvalue weighted by Crippen LogP contribution is -2.29. The van der Waals surface area contributed by atoms with Crippen LogP contribution >= 0.6 is 0 Å². The highest BCUT2D eigenvalue weighted by molar-refractivity contribution is 5.91. The molecule has 26 heavy (non-hydrogen) atoms. The zero-order valence-electron chi connectivity index (χ0n) is 15.4. The fourth-order valence-electron chi connectivity index (χ4n) is 2.58. The lowest BCUT2D eigenvalue weighted by Gasteiger charge is -2.19. The van der Waals surface area contributed by atoms with Gasteiger partial charge in [-0.2, -0.15) is 0 Å². The molecule has 1 aromatic heterocycles. The molecule has 0 atom stereocenters. The number of hydrogen-bond donors (Lipinski definition) is 2. The van der Waals surface area contributed by atoms with Gasteiger partial charge < -0.3 is 15.5 Å². The van der Waals surface area contributed by atoms with E-state index in [1.54, 1.807) is 6.20 Å². The van der Waals surface area contributed by atoms with E-state index in [0.29, 0.717) is 18.7 Å². The van der Waals surface area contributed by atoms with Crippen molar-refractivity contribution >= 4 is 23.3 Å². The van der Waals surface area contributed by atoms with Crippen LogP contribution in [0, 0.1) is 0 Å². The fraction of sp³-hybridized carbons (Fsp3) is 0.350. The number of amides is 2. The summed E-state index contributed by atoms with van der Waals surface area (Å²) in [7, 11) is 0. The topological polar surface area (TPSA) is 74.3 Å². The molecule has 2 aromatic rings. The Balaban J connectivity index is 1.72. The second-order valence-electron chi connectivity index (χ2n) is 5.89. The molecule has 0 spiro atoms. The molecule has 1 heterocycles. The number of anilines is 2. The van der Waals surface area contributed by atoms with Gasteiger partial charge in [0.1, 0.15) is 5.82 Å². The minimum absolute atomic E-state index is 0.0887. The van der Waals surface area contributed by atoms with Gasteiger partial charge >= 0.3 is 0 Å². The van der Waals surface area contributed by atoms with Crippen LogP contribution in [0.15, 0.2) is 48.7 Å². The van der Waals surface area contributed by atoms with Crippen LogP contribution in [0.3, 0.4) is 0 Å². The maximum atomic E-state index is 12.0. The third-order valence-electron chi connectivity index (χ3n) is 4.00. The Morgan fingerprint density at radius 3 is 2.35 bits per heavy atom. The van der Waals surface area contributed by atoms with Crippen LogP contribution in [0.2, 0.25) is 0 Å². The van der Waals surface area contributed by atoms with Crippen LogP contribution in [0.1, 0.15) is 25.8 Å². The standard InChI is InChI=1S/C20H26N4O2/c1-3-24(4-2)18-11-10-17(15-22-18)23-19(25)12-13-21-20(26)14-16-8-6-5-7-9-16/h5-11,15H,3-4,12-14H2,1-2H3,(H,21,26)(H,23,25). The molecule has 6 heteroatoms. The van der Waals surface area contributed by atoms with Crippen molar-refractivity contribution in [3.05, 3.63) is 54.2 Å². The minimum Gasteiger partial charge on any atom is -0.357 e. The SMILES string of the molecule is CCN(CC)c1ccc(NC(=O)CCNC(=O)Cc2ccccc2)cn1. The Bertz CT molecular complexity index is 698. The van der Waals surface area contributed by atoms with Gasteiger partial charge in [0.25, 0.3) is 0 Å². The highest BCUT2D eigenvalue weighted by atomic mass is 16.2. The number of hydrogen-bond acceptors (Lipinski definition) is 4. The second kappa shape index (κ2) is 10.2. The third-order valence-corrected chi connectivity index (χ3v) is 4.00. The predicted octanol–water partition coefficient (Wildman–Crippen LogP) is 2.62. The molecule has 1 aromatic carbocycles. The molecule has 0 radical (unpaired) electrons. The molecule has 2 rings (SSSR count). The first-order valence-corrected chi connectivity index (χ1v) is 8.93. The Labute approximate surface area is 154 Å². The van der Waals surface area contributed by atoms with Crippen molar-refractivity contribution in [3.8, 4) is 0 Å². The summed E-state index contributed by atoms with van der Waals surface area (Å²) in [5.74, 6) is 0.651. The molecule has 2 amide bonds. The van der Waals surface area contributed by atoms with E-state index in [2.05, 4.69) is 34.4 Å². The van der Waals surface area contributed by atoms with E-state index in [1.165, 1.54) is 0 Å². The maximum Gasteiger partial charge on any atom is 0.226 e. The molecule has 2 N–H and O–H groups in total. The number of pyridine rings is 1. The number of carbonyl (C=O) groups excluding carboxylic acids is 2. The first kappa shape index (κ1) is 19.4. The Morgan fingerprint density at radius 2 is 1.73 bits per heavy atom. The summed E-state index contributed by atoms with van der Waals surface area (Å²) in [5, 5.41) is 5.56. The van der Waals surface area contributed by atoms with Gasteiger partial charge in [0.15, 0.2) is 0 Å². The fourth-order valence-corrected chi connectivity index (χ4v) is 2.58. The van der Waals surface area contributed by atoms with E-state index < -0.39 is 0 Å². The van der Waals surface area contributed by atoms with Gasteiger partial charge in [-0.05, 0) is 31.5 Å². The summed E-state index contributed by atoms with van der Waals surface area (Å²) < 4.78 is 0. The van der Waals surface area contributed by atoms with E-state index in [-0.39, 0.29) is 18.2 Å². The van der Waals surface area contributed by atoms with Gasteiger partial charge in [-0.25, -0.2) is 4.98 Å². The molecular weight excluding hydrogens is 328 g/mol. The van der Waals surface area contributed by atoms with Crippen LogP contribution in [-0.2, 0) is 16.0 Å². The van der Waals surface area contributed by atoms with Crippen molar-refractivity contribution in [2.45, 2.75) is 26.7 Å². The molecule has 6 nitrogen and oxygen atoms in total. The van der Waals surface area contributed by atoms with Gasteiger partial charge in [0.2, 0.25) is 11.8 Å². The van der Waals surface area contributed by atoms with Crippen LogP contribution in [0.4, 0.5) is 11.5 Å². The number of nitrogens with zero attached hydrogens (tertiary/aromatic N) is 2.